The van der Waals surface area contributed by atoms with Crippen LogP contribution in [0.2, 0.25) is 0 Å². The molecular weight excluding hydrogens is 382 g/mol. The molecule has 5 nitrogen and oxygen atoms in total. The normalized spacial score (nSPS) is 11.3. The molecule has 3 aromatic carbocycles. The molecule has 0 fully saturated rings. The number of nitrogens with zero attached hydrogens (tertiary/aromatic N) is 3. The van der Waals surface area contributed by atoms with Gasteiger partial charge in [-0.3, -0.25) is 9.69 Å². The van der Waals surface area contributed by atoms with E-state index in [1.54, 1.807) is 12.0 Å². The van der Waals surface area contributed by atoms with Crippen molar-refractivity contribution in [3.05, 3.63) is 66.2 Å². The van der Waals surface area contributed by atoms with Gasteiger partial charge in [-0.25, -0.2) is 4.98 Å². The molecule has 0 aliphatic rings. The van der Waals surface area contributed by atoms with Gasteiger partial charge in [0, 0.05) is 18.7 Å². The summed E-state index contributed by atoms with van der Waals surface area (Å²) >= 11 is 1.51. The van der Waals surface area contributed by atoms with Crippen molar-refractivity contribution in [3.8, 4) is 5.75 Å². The number of benzene rings is 3. The average molecular weight is 406 g/mol. The van der Waals surface area contributed by atoms with Crippen molar-refractivity contribution < 1.29 is 9.53 Å². The van der Waals surface area contributed by atoms with Gasteiger partial charge in [0.2, 0.25) is 0 Å². The van der Waals surface area contributed by atoms with Crippen LogP contribution in [-0.4, -0.2) is 50.1 Å². The molecule has 0 spiro atoms. The molecule has 1 amide bonds. The van der Waals surface area contributed by atoms with E-state index in [2.05, 4.69) is 4.90 Å². The number of carbonyl (C=O) groups excluding carboxylic acids is 1. The van der Waals surface area contributed by atoms with E-state index in [1.807, 2.05) is 74.8 Å². The van der Waals surface area contributed by atoms with Crippen LogP contribution >= 0.6 is 11.3 Å². The SMILES string of the molecule is COc1ccc2nc(N(CCN(C)C)C(=O)c3cccc4ccccc34)sc2c1. The predicted molar refractivity (Wildman–Crippen MR) is 120 cm³/mol. The average Bonchev–Trinajstić information content (AvgIpc) is 3.15. The fourth-order valence-corrected chi connectivity index (χ4v) is 4.29. The van der Waals surface area contributed by atoms with Crippen LogP contribution in [0.4, 0.5) is 5.13 Å². The molecule has 0 unspecified atom stereocenters. The van der Waals surface area contributed by atoms with E-state index in [9.17, 15) is 4.79 Å². The fourth-order valence-electron chi connectivity index (χ4n) is 3.28. The molecule has 1 aromatic heterocycles. The van der Waals surface area contributed by atoms with Crippen LogP contribution in [0.1, 0.15) is 10.4 Å². The number of aromatic nitrogens is 1. The van der Waals surface area contributed by atoms with Crippen LogP contribution in [0.3, 0.4) is 0 Å². The second kappa shape index (κ2) is 8.19. The lowest BCUT2D eigenvalue weighted by Crippen LogP contribution is -2.36. The first-order chi connectivity index (χ1) is 14.1. The van der Waals surface area contributed by atoms with Gasteiger partial charge in [0.25, 0.3) is 5.91 Å². The summed E-state index contributed by atoms with van der Waals surface area (Å²) in [5.41, 5.74) is 1.56. The maximum Gasteiger partial charge on any atom is 0.260 e. The first kappa shape index (κ1) is 19.4. The zero-order chi connectivity index (χ0) is 20.4. The number of methoxy groups -OCH3 is 1. The number of hydrogen-bond acceptors (Lipinski definition) is 5. The summed E-state index contributed by atoms with van der Waals surface area (Å²) in [6.07, 6.45) is 0. The van der Waals surface area contributed by atoms with Crippen LogP contribution in [-0.2, 0) is 0 Å². The summed E-state index contributed by atoms with van der Waals surface area (Å²) in [7, 11) is 5.66. The van der Waals surface area contributed by atoms with Gasteiger partial charge in [-0.1, -0.05) is 47.7 Å². The standard InChI is InChI=1S/C23H23N3O2S/c1-25(2)13-14-26(23-24-20-12-11-17(28-3)15-21(20)29-23)22(27)19-10-6-8-16-7-4-5-9-18(16)19/h4-12,15H,13-14H2,1-3H3. The molecule has 1 heterocycles. The van der Waals surface area contributed by atoms with E-state index >= 15 is 0 Å². The van der Waals surface area contributed by atoms with Crippen LogP contribution in [0.15, 0.2) is 60.7 Å². The third kappa shape index (κ3) is 3.95. The van der Waals surface area contributed by atoms with Crippen molar-refractivity contribution in [2.45, 2.75) is 0 Å². The number of hydrogen-bond donors (Lipinski definition) is 0. The Labute approximate surface area is 174 Å². The van der Waals surface area contributed by atoms with E-state index < -0.39 is 0 Å². The van der Waals surface area contributed by atoms with Crippen molar-refractivity contribution in [3.63, 3.8) is 0 Å². The second-order valence-corrected chi connectivity index (χ2v) is 8.13. The van der Waals surface area contributed by atoms with E-state index in [0.29, 0.717) is 17.2 Å². The van der Waals surface area contributed by atoms with E-state index in [0.717, 1.165) is 33.3 Å². The maximum atomic E-state index is 13.6. The van der Waals surface area contributed by atoms with Gasteiger partial charge in [0.1, 0.15) is 5.75 Å². The third-order valence-electron chi connectivity index (χ3n) is 4.85. The molecule has 0 bridgehead atoms. The summed E-state index contributed by atoms with van der Waals surface area (Å²) in [5.74, 6) is 0.752. The van der Waals surface area contributed by atoms with Gasteiger partial charge in [-0.05, 0) is 49.1 Å². The van der Waals surface area contributed by atoms with E-state index in [4.69, 9.17) is 9.72 Å². The molecule has 0 N–H and O–H groups in total. The van der Waals surface area contributed by atoms with E-state index in [-0.39, 0.29) is 5.91 Å². The van der Waals surface area contributed by atoms with Crippen LogP contribution in [0.25, 0.3) is 21.0 Å². The molecule has 6 heteroatoms. The highest BCUT2D eigenvalue weighted by atomic mass is 32.1. The molecule has 0 radical (unpaired) electrons. The highest BCUT2D eigenvalue weighted by molar-refractivity contribution is 7.22. The minimum Gasteiger partial charge on any atom is -0.497 e. The molecule has 0 saturated carbocycles. The topological polar surface area (TPSA) is 45.7 Å². The lowest BCUT2D eigenvalue weighted by Gasteiger charge is -2.22. The minimum absolute atomic E-state index is 0.0327. The zero-order valence-corrected chi connectivity index (χ0v) is 17.6. The number of anilines is 1. The first-order valence-corrected chi connectivity index (χ1v) is 10.3. The molecule has 4 aromatic rings. The Morgan fingerprint density at radius 1 is 1.03 bits per heavy atom. The van der Waals surface area contributed by atoms with Crippen molar-refractivity contribution in [2.75, 3.05) is 39.2 Å². The van der Waals surface area contributed by atoms with Crippen LogP contribution < -0.4 is 9.64 Å². The van der Waals surface area contributed by atoms with Gasteiger partial charge < -0.3 is 9.64 Å². The number of ether oxygens (including phenoxy) is 1. The minimum atomic E-state index is -0.0327. The lowest BCUT2D eigenvalue weighted by molar-refractivity contribution is 0.0987. The number of rotatable bonds is 6. The Bertz CT molecular complexity index is 1160. The largest absolute Gasteiger partial charge is 0.497 e. The number of fused-ring (bicyclic) bond motifs is 2. The molecule has 148 valence electrons. The highest BCUT2D eigenvalue weighted by Gasteiger charge is 2.23. The fraction of sp³-hybridized carbons (Fsp3) is 0.217. The lowest BCUT2D eigenvalue weighted by atomic mass is 10.0. The quantitative estimate of drug-likeness (QED) is 0.468. The first-order valence-electron chi connectivity index (χ1n) is 9.46. The molecule has 29 heavy (non-hydrogen) atoms. The zero-order valence-electron chi connectivity index (χ0n) is 16.8. The second-order valence-electron chi connectivity index (χ2n) is 7.12. The van der Waals surface area contributed by atoms with Crippen molar-refractivity contribution in [1.82, 2.24) is 9.88 Å². The molecule has 0 atom stereocenters. The molecular formula is C23H23N3O2S. The summed E-state index contributed by atoms with van der Waals surface area (Å²) in [6.45, 7) is 1.31. The smallest absolute Gasteiger partial charge is 0.260 e. The number of amides is 1. The number of thiazole rings is 1. The van der Waals surface area contributed by atoms with Crippen LogP contribution in [0, 0.1) is 0 Å². The van der Waals surface area contributed by atoms with Crippen LogP contribution in [0.5, 0.6) is 5.75 Å². The Morgan fingerprint density at radius 3 is 2.62 bits per heavy atom. The van der Waals surface area contributed by atoms with Gasteiger partial charge >= 0.3 is 0 Å². The van der Waals surface area contributed by atoms with Gasteiger partial charge in [-0.15, -0.1) is 0 Å². The van der Waals surface area contributed by atoms with Gasteiger partial charge in [0.05, 0.1) is 17.3 Å². The Kier molecular flexibility index (Phi) is 5.47. The Hall–Kier alpha value is -2.96. The Morgan fingerprint density at radius 2 is 1.83 bits per heavy atom. The maximum absolute atomic E-state index is 13.6. The van der Waals surface area contributed by atoms with Gasteiger partial charge in [0.15, 0.2) is 5.13 Å². The summed E-state index contributed by atoms with van der Waals surface area (Å²) in [6, 6.07) is 19.6. The monoisotopic (exact) mass is 405 g/mol. The Balaban J connectivity index is 1.78. The van der Waals surface area contributed by atoms with Crippen molar-refractivity contribution in [1.29, 1.82) is 0 Å². The van der Waals surface area contributed by atoms with E-state index in [1.165, 1.54) is 11.3 Å². The van der Waals surface area contributed by atoms with Crippen molar-refractivity contribution in [2.24, 2.45) is 0 Å². The summed E-state index contributed by atoms with van der Waals surface area (Å²) < 4.78 is 6.33. The number of likely N-dealkylation sites (N-methyl/N-ethyl adjacent to an activating group) is 1. The number of carbonyl (C=O) groups is 1. The summed E-state index contributed by atoms with van der Waals surface area (Å²) in [4.78, 5) is 22.2. The van der Waals surface area contributed by atoms with Crippen molar-refractivity contribution >= 4 is 43.4 Å². The molecule has 4 rings (SSSR count). The molecule has 0 saturated heterocycles. The predicted octanol–water partition coefficient (Wildman–Crippen LogP) is 4.67. The molecule has 0 aliphatic carbocycles. The van der Waals surface area contributed by atoms with Gasteiger partial charge in [-0.2, -0.15) is 0 Å². The summed E-state index contributed by atoms with van der Waals surface area (Å²) in [5, 5.41) is 2.71. The highest BCUT2D eigenvalue weighted by Crippen LogP contribution is 2.32. The third-order valence-corrected chi connectivity index (χ3v) is 5.89. The molecule has 0 aliphatic heterocycles.